The fraction of sp³-hybridized carbons (Fsp3) is 0.364. The van der Waals surface area contributed by atoms with Crippen molar-refractivity contribution in [2.45, 2.75) is 24.7 Å². The van der Waals surface area contributed by atoms with Crippen molar-refractivity contribution in [1.82, 2.24) is 0 Å². The number of nitriles is 1. The van der Waals surface area contributed by atoms with Crippen LogP contribution < -0.4 is 9.86 Å². The number of unbranched alkanes of at least 4 members (excludes halogenated alkanes) is 1. The van der Waals surface area contributed by atoms with Crippen molar-refractivity contribution in [3.05, 3.63) is 23.8 Å². The summed E-state index contributed by atoms with van der Waals surface area (Å²) in [5, 5.41) is 14.0. The molecule has 0 bridgehead atoms. The van der Waals surface area contributed by atoms with E-state index in [2.05, 4.69) is 11.6 Å². The molecule has 98 valence electrons. The third kappa shape index (κ3) is 4.56. The monoisotopic (exact) mass is 285 g/mol. The molecule has 0 spiro atoms. The van der Waals surface area contributed by atoms with Gasteiger partial charge >= 0.3 is 0 Å². The average Bonchev–Trinajstić information content (AvgIpc) is 2.27. The molecular weight excluding hydrogens is 270 g/mol. The number of nitrogens with one attached hydrogen (secondary N) is 1. The van der Waals surface area contributed by atoms with Crippen LogP contribution in [0.1, 0.15) is 25.3 Å². The van der Waals surface area contributed by atoms with Crippen LogP contribution in [-0.4, -0.2) is 14.2 Å². The van der Waals surface area contributed by atoms with Gasteiger partial charge in [0.15, 0.2) is 0 Å². The molecule has 18 heavy (non-hydrogen) atoms. The summed E-state index contributed by atoms with van der Waals surface area (Å²) in [7, 11) is -3.86. The molecule has 0 amide bonds. The summed E-state index contributed by atoms with van der Waals surface area (Å²) in [5.41, 5.74) is 0.536. The van der Waals surface area contributed by atoms with E-state index in [1.54, 1.807) is 12.1 Å². The van der Waals surface area contributed by atoms with Crippen molar-refractivity contribution in [1.29, 1.82) is 5.26 Å². The van der Waals surface area contributed by atoms with Gasteiger partial charge in [-0.1, -0.05) is 19.4 Å². The van der Waals surface area contributed by atoms with E-state index in [1.807, 2.05) is 6.07 Å². The largest absolute Gasteiger partial charge is 0.296 e. The molecule has 7 heteroatoms. The minimum absolute atomic E-state index is 0.224. The number of benzene rings is 1. The predicted molar refractivity (Wildman–Crippen MR) is 73.5 cm³/mol. The van der Waals surface area contributed by atoms with Crippen LogP contribution in [0.4, 0.5) is 5.69 Å². The standard InChI is InChI=1S/C11H15N3O2S2/c1-2-3-7-17-11-6-4-5-10(9(11)8-12)14-18(13,15)16/h4-6,14H,2-3,7H2,1H3,(H2,13,15,16). The minimum atomic E-state index is -3.86. The van der Waals surface area contributed by atoms with Gasteiger partial charge in [0.05, 0.1) is 11.3 Å². The molecule has 1 aromatic carbocycles. The maximum Gasteiger partial charge on any atom is 0.296 e. The van der Waals surface area contributed by atoms with E-state index >= 15 is 0 Å². The number of thioether (sulfide) groups is 1. The minimum Gasteiger partial charge on any atom is -0.270 e. The zero-order valence-corrected chi connectivity index (χ0v) is 11.6. The highest BCUT2D eigenvalue weighted by molar-refractivity contribution is 7.99. The fourth-order valence-corrected chi connectivity index (χ4v) is 2.94. The van der Waals surface area contributed by atoms with Crippen LogP contribution in [-0.2, 0) is 10.2 Å². The highest BCUT2D eigenvalue weighted by Crippen LogP contribution is 2.28. The molecule has 0 radical (unpaired) electrons. The summed E-state index contributed by atoms with van der Waals surface area (Å²) in [4.78, 5) is 0.764. The maximum atomic E-state index is 11.0. The Hall–Kier alpha value is -1.23. The van der Waals surface area contributed by atoms with Crippen molar-refractivity contribution in [3.63, 3.8) is 0 Å². The molecule has 0 atom stereocenters. The van der Waals surface area contributed by atoms with Gasteiger partial charge in [0.25, 0.3) is 10.2 Å². The summed E-state index contributed by atoms with van der Waals surface area (Å²) in [6, 6.07) is 7.03. The smallest absolute Gasteiger partial charge is 0.270 e. The molecule has 0 unspecified atom stereocenters. The van der Waals surface area contributed by atoms with E-state index < -0.39 is 10.2 Å². The molecule has 5 nitrogen and oxygen atoms in total. The van der Waals surface area contributed by atoms with E-state index in [1.165, 1.54) is 17.8 Å². The Kier molecular flexibility index (Phi) is 5.47. The molecular formula is C11H15N3O2S2. The summed E-state index contributed by atoms with van der Waals surface area (Å²) < 4.78 is 24.1. The number of nitrogens with two attached hydrogens (primary N) is 1. The molecule has 0 aliphatic carbocycles. The van der Waals surface area contributed by atoms with Gasteiger partial charge in [-0.15, -0.1) is 11.8 Å². The second-order valence-corrected chi connectivity index (χ2v) is 6.07. The van der Waals surface area contributed by atoms with Crippen LogP contribution in [0.15, 0.2) is 23.1 Å². The lowest BCUT2D eigenvalue weighted by Gasteiger charge is -2.09. The molecule has 0 aromatic heterocycles. The molecule has 0 fully saturated rings. The first kappa shape index (κ1) is 14.8. The Morgan fingerprint density at radius 1 is 1.50 bits per heavy atom. The number of hydrogen-bond donors (Lipinski definition) is 2. The summed E-state index contributed by atoms with van der Waals surface area (Å²) >= 11 is 1.54. The molecule has 1 aromatic rings. The zero-order chi connectivity index (χ0) is 13.6. The van der Waals surface area contributed by atoms with Crippen LogP contribution in [0.2, 0.25) is 0 Å². The number of anilines is 1. The van der Waals surface area contributed by atoms with Gasteiger partial charge in [0.2, 0.25) is 0 Å². The lowest BCUT2D eigenvalue weighted by molar-refractivity contribution is 0.603. The predicted octanol–water partition coefficient (Wildman–Crippen LogP) is 2.07. The normalized spacial score (nSPS) is 10.9. The first-order valence-corrected chi connectivity index (χ1v) is 7.97. The van der Waals surface area contributed by atoms with Gasteiger partial charge in [-0.3, -0.25) is 4.72 Å². The fourth-order valence-electron chi connectivity index (χ4n) is 1.33. The lowest BCUT2D eigenvalue weighted by atomic mass is 10.2. The Bertz CT molecular complexity index is 550. The third-order valence-electron chi connectivity index (χ3n) is 2.15. The highest BCUT2D eigenvalue weighted by atomic mass is 32.2. The Morgan fingerprint density at radius 3 is 2.78 bits per heavy atom. The lowest BCUT2D eigenvalue weighted by Crippen LogP contribution is -2.22. The Balaban J connectivity index is 3.00. The summed E-state index contributed by atoms with van der Waals surface area (Å²) in [6.07, 6.45) is 2.12. The van der Waals surface area contributed by atoms with Gasteiger partial charge in [-0.2, -0.15) is 13.7 Å². The average molecular weight is 285 g/mol. The maximum absolute atomic E-state index is 11.0. The molecule has 1 rings (SSSR count). The van der Waals surface area contributed by atoms with Crippen LogP contribution in [0.25, 0.3) is 0 Å². The molecule has 0 saturated carbocycles. The van der Waals surface area contributed by atoms with Gasteiger partial charge < -0.3 is 0 Å². The highest BCUT2D eigenvalue weighted by Gasteiger charge is 2.11. The topological polar surface area (TPSA) is 96.0 Å². The first-order valence-electron chi connectivity index (χ1n) is 5.44. The second kappa shape index (κ2) is 6.64. The molecule has 0 aliphatic heterocycles. The number of hydrogen-bond acceptors (Lipinski definition) is 4. The van der Waals surface area contributed by atoms with E-state index in [0.29, 0.717) is 5.56 Å². The van der Waals surface area contributed by atoms with Crippen LogP contribution >= 0.6 is 11.8 Å². The number of rotatable bonds is 6. The van der Waals surface area contributed by atoms with Crippen LogP contribution in [0, 0.1) is 11.3 Å². The van der Waals surface area contributed by atoms with Gasteiger partial charge in [0.1, 0.15) is 6.07 Å². The molecule has 0 saturated heterocycles. The van der Waals surface area contributed by atoms with Crippen LogP contribution in [0.5, 0.6) is 0 Å². The van der Waals surface area contributed by atoms with Crippen molar-refractivity contribution in [2.24, 2.45) is 5.14 Å². The summed E-state index contributed by atoms with van der Waals surface area (Å²) in [5.74, 6) is 0.893. The van der Waals surface area contributed by atoms with Gasteiger partial charge in [-0.05, 0) is 24.3 Å². The zero-order valence-electron chi connectivity index (χ0n) is 10.0. The summed E-state index contributed by atoms with van der Waals surface area (Å²) in [6.45, 7) is 2.09. The second-order valence-electron chi connectivity index (χ2n) is 3.64. The third-order valence-corrected chi connectivity index (χ3v) is 3.79. The molecule has 0 heterocycles. The van der Waals surface area contributed by atoms with Crippen LogP contribution in [0.3, 0.4) is 0 Å². The Morgan fingerprint density at radius 2 is 2.22 bits per heavy atom. The van der Waals surface area contributed by atoms with E-state index in [0.717, 1.165) is 23.5 Å². The van der Waals surface area contributed by atoms with E-state index in [9.17, 15) is 8.42 Å². The van der Waals surface area contributed by atoms with E-state index in [-0.39, 0.29) is 5.69 Å². The SMILES string of the molecule is CCCCSc1cccc(NS(N)(=O)=O)c1C#N. The van der Waals surface area contributed by atoms with Crippen molar-refractivity contribution in [2.75, 3.05) is 10.5 Å². The Labute approximate surface area is 112 Å². The first-order chi connectivity index (χ1) is 8.48. The van der Waals surface area contributed by atoms with Crippen molar-refractivity contribution in [3.8, 4) is 6.07 Å². The number of nitrogens with zero attached hydrogens (tertiary/aromatic N) is 1. The molecule has 0 aliphatic rings. The van der Waals surface area contributed by atoms with E-state index in [4.69, 9.17) is 10.4 Å². The van der Waals surface area contributed by atoms with Gasteiger partial charge in [0, 0.05) is 4.90 Å². The van der Waals surface area contributed by atoms with Gasteiger partial charge in [-0.25, -0.2) is 5.14 Å². The van der Waals surface area contributed by atoms with Crippen molar-refractivity contribution < 1.29 is 8.42 Å². The van der Waals surface area contributed by atoms with Crippen molar-refractivity contribution >= 4 is 27.7 Å². The molecule has 3 N–H and O–H groups in total. The quantitative estimate of drug-likeness (QED) is 0.617.